The number of hydrogen-bond donors (Lipinski definition) is 0. The van der Waals surface area contributed by atoms with Gasteiger partial charge in [-0.05, 0) is 0 Å². The molecule has 0 bridgehead atoms. The van der Waals surface area contributed by atoms with Crippen LogP contribution in [0.3, 0.4) is 0 Å². The van der Waals surface area contributed by atoms with Crippen molar-refractivity contribution in [3.63, 3.8) is 0 Å². The summed E-state index contributed by atoms with van der Waals surface area (Å²) in [6.45, 7) is 0. The number of hydrogen-bond acceptors (Lipinski definition) is 0. The third-order valence-corrected chi connectivity index (χ3v) is 0.883. The second kappa shape index (κ2) is 2.53. The summed E-state index contributed by atoms with van der Waals surface area (Å²) >= 11 is 0. The molecule has 1 rings (SSSR count). The van der Waals surface area contributed by atoms with Gasteiger partial charge in [0.25, 0.3) is 0 Å². The molecule has 2 atom stereocenters. The van der Waals surface area contributed by atoms with E-state index in [4.69, 9.17) is 0 Å². The van der Waals surface area contributed by atoms with Crippen molar-refractivity contribution in [2.24, 2.45) is 0 Å². The predicted octanol–water partition coefficient (Wildman–Crippen LogP) is 0.663. The minimum absolute atomic E-state index is 0. The van der Waals surface area contributed by atoms with Crippen LogP contribution < -0.4 is 0 Å². The maximum atomic E-state index is 11.2. The molecule has 1 aliphatic rings. The molecular formula is C3H3F4K. The van der Waals surface area contributed by atoms with Crippen LogP contribution in [0.15, 0.2) is 0 Å². The van der Waals surface area contributed by atoms with Crippen molar-refractivity contribution >= 4 is 51.4 Å². The number of alkyl halides is 4. The first-order valence-electron chi connectivity index (χ1n) is 1.73. The average molecular weight is 154 g/mol. The zero-order valence-electron chi connectivity index (χ0n) is 3.17. The van der Waals surface area contributed by atoms with Gasteiger partial charge in [0.2, 0.25) is 12.3 Å². The van der Waals surface area contributed by atoms with E-state index >= 15 is 0 Å². The molecule has 0 aromatic carbocycles. The summed E-state index contributed by atoms with van der Waals surface area (Å²) in [6.07, 6.45) is -5.07. The Morgan fingerprint density at radius 3 is 1.12 bits per heavy atom. The Morgan fingerprint density at radius 1 is 1.00 bits per heavy atom. The van der Waals surface area contributed by atoms with Gasteiger partial charge in [-0.25, -0.2) is 8.78 Å². The van der Waals surface area contributed by atoms with E-state index in [9.17, 15) is 17.6 Å². The standard InChI is InChI=1S/C3H2F4.K.H/c4-1-2(5)3(1,6)7;;/h1-2H;;. The van der Waals surface area contributed by atoms with E-state index in [0.29, 0.717) is 0 Å². The van der Waals surface area contributed by atoms with Crippen LogP contribution in [0, 0.1) is 0 Å². The first-order chi connectivity index (χ1) is 3.07. The van der Waals surface area contributed by atoms with Crippen LogP contribution in [0.5, 0.6) is 0 Å². The maximum absolute atomic E-state index is 11.2. The zero-order chi connectivity index (χ0) is 5.65. The van der Waals surface area contributed by atoms with E-state index in [2.05, 4.69) is 0 Å². The minimum atomic E-state index is -3.67. The summed E-state index contributed by atoms with van der Waals surface area (Å²) in [4.78, 5) is 0. The van der Waals surface area contributed by atoms with E-state index in [0.717, 1.165) is 0 Å². The van der Waals surface area contributed by atoms with E-state index in [1.165, 1.54) is 0 Å². The quantitative estimate of drug-likeness (QED) is 0.355. The molecule has 0 aromatic heterocycles. The predicted molar refractivity (Wildman–Crippen MR) is 21.9 cm³/mol. The van der Waals surface area contributed by atoms with Crippen molar-refractivity contribution in [2.75, 3.05) is 0 Å². The van der Waals surface area contributed by atoms with Crippen molar-refractivity contribution in [3.8, 4) is 0 Å². The molecule has 1 aliphatic carbocycles. The van der Waals surface area contributed by atoms with Crippen molar-refractivity contribution in [3.05, 3.63) is 0 Å². The summed E-state index contributed by atoms with van der Waals surface area (Å²) in [7, 11) is 0. The molecule has 0 N–H and O–H groups in total. The first-order valence-corrected chi connectivity index (χ1v) is 1.73. The van der Waals surface area contributed by atoms with Gasteiger partial charge in [0, 0.05) is 0 Å². The van der Waals surface area contributed by atoms with Crippen molar-refractivity contribution in [2.45, 2.75) is 18.3 Å². The second-order valence-electron chi connectivity index (χ2n) is 1.48. The SMILES string of the molecule is FC1C(F)C1(F)F.[KH]. The summed E-state index contributed by atoms with van der Waals surface area (Å²) in [5.74, 6) is -3.67. The number of halogens is 4. The molecule has 0 saturated heterocycles. The summed E-state index contributed by atoms with van der Waals surface area (Å²) in [5, 5.41) is 0. The third-order valence-electron chi connectivity index (χ3n) is 0.883. The fourth-order valence-electron chi connectivity index (χ4n) is 0.255. The summed E-state index contributed by atoms with van der Waals surface area (Å²) < 4.78 is 44.7. The molecule has 0 heterocycles. The molecular weight excluding hydrogens is 151 g/mol. The van der Waals surface area contributed by atoms with Crippen LogP contribution in [-0.2, 0) is 0 Å². The van der Waals surface area contributed by atoms with Crippen LogP contribution in [-0.4, -0.2) is 69.7 Å². The Hall–Kier alpha value is 1.36. The Balaban J connectivity index is 0.000000490. The molecule has 0 radical (unpaired) electrons. The third kappa shape index (κ3) is 1.26. The Labute approximate surface area is 86.0 Å². The van der Waals surface area contributed by atoms with Crippen molar-refractivity contribution in [1.29, 1.82) is 0 Å². The molecule has 0 spiro atoms. The van der Waals surface area contributed by atoms with Crippen molar-refractivity contribution < 1.29 is 17.6 Å². The van der Waals surface area contributed by atoms with Crippen LogP contribution in [0.25, 0.3) is 0 Å². The fourth-order valence-corrected chi connectivity index (χ4v) is 0.255. The van der Waals surface area contributed by atoms with Gasteiger partial charge in [-0.15, -0.1) is 0 Å². The number of rotatable bonds is 0. The molecule has 5 heteroatoms. The van der Waals surface area contributed by atoms with Gasteiger partial charge in [0.05, 0.1) is 0 Å². The molecule has 0 nitrogen and oxygen atoms in total. The molecule has 2 unspecified atom stereocenters. The molecule has 0 aromatic rings. The van der Waals surface area contributed by atoms with E-state index in [-0.39, 0.29) is 51.4 Å². The molecule has 0 amide bonds. The molecule has 44 valence electrons. The van der Waals surface area contributed by atoms with E-state index in [1.54, 1.807) is 0 Å². The van der Waals surface area contributed by atoms with Crippen molar-refractivity contribution in [1.82, 2.24) is 0 Å². The van der Waals surface area contributed by atoms with E-state index in [1.807, 2.05) is 0 Å². The summed E-state index contributed by atoms with van der Waals surface area (Å²) in [5.41, 5.74) is 0. The van der Waals surface area contributed by atoms with E-state index < -0.39 is 18.3 Å². The van der Waals surface area contributed by atoms with Gasteiger partial charge in [0.15, 0.2) is 0 Å². The average Bonchev–Trinajstić information content (AvgIpc) is 1.91. The van der Waals surface area contributed by atoms with Gasteiger partial charge in [-0.1, -0.05) is 0 Å². The van der Waals surface area contributed by atoms with Gasteiger partial charge < -0.3 is 0 Å². The van der Waals surface area contributed by atoms with Gasteiger partial charge >= 0.3 is 57.3 Å². The van der Waals surface area contributed by atoms with Crippen LogP contribution >= 0.6 is 0 Å². The molecule has 8 heavy (non-hydrogen) atoms. The monoisotopic (exact) mass is 154 g/mol. The van der Waals surface area contributed by atoms with Gasteiger partial charge in [-0.2, -0.15) is 8.78 Å². The second-order valence-corrected chi connectivity index (χ2v) is 1.48. The molecule has 0 aliphatic heterocycles. The van der Waals surface area contributed by atoms with Crippen LogP contribution in [0.4, 0.5) is 17.6 Å². The normalized spacial score (nSPS) is 40.5. The zero-order valence-corrected chi connectivity index (χ0v) is 3.17. The Bertz CT molecular complexity index is 83.3. The van der Waals surface area contributed by atoms with Crippen LogP contribution in [0.1, 0.15) is 0 Å². The Kier molecular flexibility index (Phi) is 2.96. The molecule has 1 fully saturated rings. The Morgan fingerprint density at radius 2 is 1.12 bits per heavy atom. The summed E-state index contributed by atoms with van der Waals surface area (Å²) in [6, 6.07) is 0. The van der Waals surface area contributed by atoms with Crippen LogP contribution in [0.2, 0.25) is 0 Å². The van der Waals surface area contributed by atoms with Gasteiger partial charge in [0.1, 0.15) is 0 Å². The van der Waals surface area contributed by atoms with Gasteiger partial charge in [-0.3, -0.25) is 0 Å². The molecule has 1 saturated carbocycles. The first kappa shape index (κ1) is 9.36. The fraction of sp³-hybridized carbons (Fsp3) is 1.00. The topological polar surface area (TPSA) is 0 Å².